The number of aliphatic carboxylic acids is 1. The van der Waals surface area contributed by atoms with Crippen molar-refractivity contribution in [3.8, 4) is 0 Å². The highest BCUT2D eigenvalue weighted by Gasteiger charge is 2.39. The normalized spacial score (nSPS) is 24.4. The Bertz CT molecular complexity index is 402. The van der Waals surface area contributed by atoms with Crippen LogP contribution < -0.4 is 0 Å². The van der Waals surface area contributed by atoms with E-state index < -0.39 is 16.0 Å². The quantitative estimate of drug-likeness (QED) is 0.842. The van der Waals surface area contributed by atoms with E-state index in [1.165, 1.54) is 30.0 Å². The van der Waals surface area contributed by atoms with Crippen molar-refractivity contribution < 1.29 is 18.3 Å². The van der Waals surface area contributed by atoms with E-state index in [2.05, 4.69) is 0 Å². The summed E-state index contributed by atoms with van der Waals surface area (Å²) < 4.78 is 25.4. The summed E-state index contributed by atoms with van der Waals surface area (Å²) >= 11 is 0. The molecule has 0 unspecified atom stereocenters. The molecule has 1 N–H and O–H groups in total. The SMILES string of the molecule is O=C(O)CCS(=O)(=O)N1CCC2(CCCC2)CC1. The minimum atomic E-state index is -3.37. The molecule has 104 valence electrons. The van der Waals surface area contributed by atoms with Crippen molar-refractivity contribution in [1.82, 2.24) is 4.31 Å². The van der Waals surface area contributed by atoms with Crippen molar-refractivity contribution in [2.75, 3.05) is 18.8 Å². The second-order valence-corrected chi connectivity index (χ2v) is 7.65. The fraction of sp³-hybridized carbons (Fsp3) is 0.917. The molecule has 1 heterocycles. The Labute approximate surface area is 108 Å². The monoisotopic (exact) mass is 275 g/mol. The highest BCUT2D eigenvalue weighted by Crippen LogP contribution is 2.46. The van der Waals surface area contributed by atoms with Crippen molar-refractivity contribution >= 4 is 16.0 Å². The molecule has 5 nitrogen and oxygen atoms in total. The lowest BCUT2D eigenvalue weighted by molar-refractivity contribution is -0.136. The van der Waals surface area contributed by atoms with E-state index in [0.717, 1.165) is 12.8 Å². The first-order chi connectivity index (χ1) is 8.44. The lowest BCUT2D eigenvalue weighted by Gasteiger charge is -2.38. The Balaban J connectivity index is 1.90. The smallest absolute Gasteiger partial charge is 0.304 e. The van der Waals surface area contributed by atoms with Gasteiger partial charge in [0.25, 0.3) is 0 Å². The lowest BCUT2D eigenvalue weighted by Crippen LogP contribution is -2.43. The van der Waals surface area contributed by atoms with Crippen LogP contribution in [0.15, 0.2) is 0 Å². The van der Waals surface area contributed by atoms with Crippen molar-refractivity contribution in [3.05, 3.63) is 0 Å². The van der Waals surface area contributed by atoms with Gasteiger partial charge >= 0.3 is 5.97 Å². The maximum absolute atomic E-state index is 12.0. The molecule has 1 saturated heterocycles. The Morgan fingerprint density at radius 2 is 1.67 bits per heavy atom. The molecule has 0 radical (unpaired) electrons. The molecule has 2 rings (SSSR count). The van der Waals surface area contributed by atoms with Gasteiger partial charge in [-0.2, -0.15) is 0 Å². The van der Waals surface area contributed by atoms with E-state index >= 15 is 0 Å². The Hall–Kier alpha value is -0.620. The molecule has 1 spiro atoms. The molecule has 0 atom stereocenters. The van der Waals surface area contributed by atoms with Gasteiger partial charge in [0.2, 0.25) is 10.0 Å². The first-order valence-electron chi connectivity index (χ1n) is 6.63. The van der Waals surface area contributed by atoms with E-state index in [0.29, 0.717) is 18.5 Å². The molecule has 0 aromatic carbocycles. The van der Waals surface area contributed by atoms with Crippen LogP contribution in [0, 0.1) is 5.41 Å². The maximum atomic E-state index is 12.0. The molecule has 1 aliphatic heterocycles. The molecule has 6 heteroatoms. The average molecular weight is 275 g/mol. The molecule has 2 fully saturated rings. The Morgan fingerprint density at radius 1 is 1.11 bits per heavy atom. The number of piperidine rings is 1. The standard InChI is InChI=1S/C12H21NO4S/c14-11(15)3-10-18(16,17)13-8-6-12(7-9-13)4-1-2-5-12/h1-10H2,(H,14,15). The summed E-state index contributed by atoms with van der Waals surface area (Å²) in [4.78, 5) is 10.4. The zero-order valence-electron chi connectivity index (χ0n) is 10.6. The van der Waals surface area contributed by atoms with Crippen molar-refractivity contribution in [3.63, 3.8) is 0 Å². The second-order valence-electron chi connectivity index (χ2n) is 5.57. The van der Waals surface area contributed by atoms with Crippen molar-refractivity contribution in [2.24, 2.45) is 5.41 Å². The topological polar surface area (TPSA) is 74.7 Å². The molecular weight excluding hydrogens is 254 g/mol. The Morgan fingerprint density at radius 3 is 2.17 bits per heavy atom. The van der Waals surface area contributed by atoms with Crippen LogP contribution >= 0.6 is 0 Å². The first kappa shape index (κ1) is 13.8. The minimum absolute atomic E-state index is 0.269. The Kier molecular flexibility index (Phi) is 3.96. The fourth-order valence-electron chi connectivity index (χ4n) is 3.21. The van der Waals surface area contributed by atoms with Gasteiger partial charge in [-0.15, -0.1) is 0 Å². The zero-order valence-corrected chi connectivity index (χ0v) is 11.4. The van der Waals surface area contributed by atoms with Crippen molar-refractivity contribution in [2.45, 2.75) is 44.9 Å². The van der Waals surface area contributed by atoms with Gasteiger partial charge in [0.1, 0.15) is 0 Å². The van der Waals surface area contributed by atoms with Gasteiger partial charge in [0.15, 0.2) is 0 Å². The van der Waals surface area contributed by atoms with Gasteiger partial charge in [-0.25, -0.2) is 12.7 Å². The van der Waals surface area contributed by atoms with Crippen LogP contribution in [-0.2, 0) is 14.8 Å². The van der Waals surface area contributed by atoms with Crippen LogP contribution in [-0.4, -0.2) is 42.6 Å². The summed E-state index contributed by atoms with van der Waals surface area (Å²) in [6.07, 6.45) is 6.59. The van der Waals surface area contributed by atoms with Gasteiger partial charge in [-0.05, 0) is 31.1 Å². The first-order valence-corrected chi connectivity index (χ1v) is 8.24. The number of carbonyl (C=O) groups is 1. The predicted molar refractivity (Wildman–Crippen MR) is 67.7 cm³/mol. The average Bonchev–Trinajstić information content (AvgIpc) is 2.76. The second kappa shape index (κ2) is 5.17. The van der Waals surface area contributed by atoms with Crippen LogP contribution in [0.5, 0.6) is 0 Å². The summed E-state index contributed by atoms with van der Waals surface area (Å²) in [5.74, 6) is -1.32. The number of carboxylic acid groups (broad SMARTS) is 1. The third-order valence-electron chi connectivity index (χ3n) is 4.41. The number of sulfonamides is 1. The lowest BCUT2D eigenvalue weighted by atomic mass is 9.78. The number of carboxylic acids is 1. The maximum Gasteiger partial charge on any atom is 0.304 e. The number of nitrogens with zero attached hydrogens (tertiary/aromatic N) is 1. The summed E-state index contributed by atoms with van der Waals surface area (Å²) in [5.41, 5.74) is 0.388. The summed E-state index contributed by atoms with van der Waals surface area (Å²) in [6, 6.07) is 0. The van der Waals surface area contributed by atoms with E-state index in [1.54, 1.807) is 0 Å². The van der Waals surface area contributed by atoms with Gasteiger partial charge < -0.3 is 5.11 Å². The third-order valence-corrected chi connectivity index (χ3v) is 6.29. The van der Waals surface area contributed by atoms with Gasteiger partial charge in [-0.1, -0.05) is 12.8 Å². The fourth-order valence-corrected chi connectivity index (χ4v) is 4.64. The molecule has 18 heavy (non-hydrogen) atoms. The molecule has 0 amide bonds. The minimum Gasteiger partial charge on any atom is -0.481 e. The number of rotatable bonds is 4. The van der Waals surface area contributed by atoms with E-state index in [1.807, 2.05) is 0 Å². The number of hydrogen-bond acceptors (Lipinski definition) is 3. The molecule has 0 aromatic rings. The highest BCUT2D eigenvalue weighted by atomic mass is 32.2. The number of hydrogen-bond donors (Lipinski definition) is 1. The molecular formula is C12H21NO4S. The molecule has 2 aliphatic rings. The van der Waals surface area contributed by atoms with Gasteiger partial charge in [0.05, 0.1) is 12.2 Å². The third kappa shape index (κ3) is 3.03. The molecule has 0 aromatic heterocycles. The van der Waals surface area contributed by atoms with Crippen LogP contribution in [0.2, 0.25) is 0 Å². The van der Waals surface area contributed by atoms with Crippen LogP contribution in [0.25, 0.3) is 0 Å². The van der Waals surface area contributed by atoms with Crippen LogP contribution in [0.3, 0.4) is 0 Å². The van der Waals surface area contributed by atoms with Crippen LogP contribution in [0.4, 0.5) is 0 Å². The molecule has 1 aliphatic carbocycles. The summed E-state index contributed by atoms with van der Waals surface area (Å²) in [7, 11) is -3.37. The molecule has 0 bridgehead atoms. The highest BCUT2D eigenvalue weighted by molar-refractivity contribution is 7.89. The van der Waals surface area contributed by atoms with Gasteiger partial charge in [-0.3, -0.25) is 4.79 Å². The van der Waals surface area contributed by atoms with E-state index in [-0.39, 0.29) is 12.2 Å². The van der Waals surface area contributed by atoms with Crippen LogP contribution in [0.1, 0.15) is 44.9 Å². The van der Waals surface area contributed by atoms with E-state index in [4.69, 9.17) is 5.11 Å². The predicted octanol–water partition coefficient (Wildman–Crippen LogP) is 1.45. The van der Waals surface area contributed by atoms with Crippen molar-refractivity contribution in [1.29, 1.82) is 0 Å². The summed E-state index contributed by atoms with van der Waals surface area (Å²) in [6.45, 7) is 1.14. The summed E-state index contributed by atoms with van der Waals surface area (Å²) in [5, 5.41) is 8.56. The van der Waals surface area contributed by atoms with E-state index in [9.17, 15) is 13.2 Å². The zero-order chi connectivity index (χ0) is 13.2. The largest absolute Gasteiger partial charge is 0.481 e. The van der Waals surface area contributed by atoms with Gasteiger partial charge in [0, 0.05) is 13.1 Å². The molecule has 1 saturated carbocycles.